The molecule has 1 N–H and O–H groups in total. The first kappa shape index (κ1) is 10.4. The Morgan fingerprint density at radius 1 is 1.60 bits per heavy atom. The second-order valence-corrected chi connectivity index (χ2v) is 4.02. The summed E-state index contributed by atoms with van der Waals surface area (Å²) in [5.41, 5.74) is 1.17. The molecule has 0 aliphatic carbocycles. The van der Waals surface area contributed by atoms with Crippen LogP contribution >= 0.6 is 11.6 Å². The van der Waals surface area contributed by atoms with Gasteiger partial charge >= 0.3 is 0 Å². The van der Waals surface area contributed by atoms with Gasteiger partial charge in [0, 0.05) is 13.1 Å². The summed E-state index contributed by atoms with van der Waals surface area (Å²) in [6.07, 6.45) is -0.380. The first-order valence-electron chi connectivity index (χ1n) is 4.68. The smallest absolute Gasteiger partial charge is 0.255 e. The van der Waals surface area contributed by atoms with Crippen LogP contribution in [0.3, 0.4) is 0 Å². The van der Waals surface area contributed by atoms with Crippen molar-refractivity contribution in [1.82, 2.24) is 9.88 Å². The fourth-order valence-electron chi connectivity index (χ4n) is 1.55. The van der Waals surface area contributed by atoms with Gasteiger partial charge in [-0.05, 0) is 19.1 Å². The minimum absolute atomic E-state index is 0.0954. The van der Waals surface area contributed by atoms with Crippen molar-refractivity contribution in [3.8, 4) is 0 Å². The zero-order chi connectivity index (χ0) is 11.0. The van der Waals surface area contributed by atoms with Crippen molar-refractivity contribution in [3.63, 3.8) is 0 Å². The van der Waals surface area contributed by atoms with Gasteiger partial charge in [0.1, 0.15) is 5.15 Å². The minimum atomic E-state index is -0.380. The van der Waals surface area contributed by atoms with Gasteiger partial charge in [0.25, 0.3) is 5.91 Å². The van der Waals surface area contributed by atoms with Gasteiger partial charge in [-0.3, -0.25) is 4.79 Å². The van der Waals surface area contributed by atoms with Crippen molar-refractivity contribution in [2.75, 3.05) is 13.1 Å². The molecule has 4 nitrogen and oxygen atoms in total. The lowest BCUT2D eigenvalue weighted by atomic mass is 10.1. The molecule has 2 heterocycles. The van der Waals surface area contributed by atoms with Crippen molar-refractivity contribution in [2.45, 2.75) is 13.0 Å². The van der Waals surface area contributed by atoms with Gasteiger partial charge in [-0.1, -0.05) is 11.6 Å². The zero-order valence-electron chi connectivity index (χ0n) is 8.27. The summed E-state index contributed by atoms with van der Waals surface area (Å²) in [5.74, 6) is -0.0954. The number of aliphatic hydroxyl groups excluding tert-OH is 1. The predicted octanol–water partition coefficient (Wildman–Crippen LogP) is 0.860. The lowest BCUT2D eigenvalue weighted by Crippen LogP contribution is -2.53. The number of aliphatic hydroxyl groups is 1. The number of carbonyl (C=O) groups excluding carboxylic acids is 1. The summed E-state index contributed by atoms with van der Waals surface area (Å²) < 4.78 is 0. The van der Waals surface area contributed by atoms with Crippen LogP contribution in [-0.2, 0) is 0 Å². The Labute approximate surface area is 92.5 Å². The number of aromatic nitrogens is 1. The second-order valence-electron chi connectivity index (χ2n) is 3.63. The van der Waals surface area contributed by atoms with Gasteiger partial charge in [-0.2, -0.15) is 0 Å². The molecule has 1 aliphatic heterocycles. The standard InChI is InChI=1S/C10H11ClN2O2/c1-6-8(2-3-9(11)12-6)10(15)13-4-7(14)5-13/h2-3,7,14H,4-5H2,1H3. The Bertz CT molecular complexity index is 402. The number of hydrogen-bond donors (Lipinski definition) is 1. The van der Waals surface area contributed by atoms with Gasteiger partial charge in [0.05, 0.1) is 17.4 Å². The molecule has 2 rings (SSSR count). The van der Waals surface area contributed by atoms with E-state index in [1.165, 1.54) is 0 Å². The minimum Gasteiger partial charge on any atom is -0.389 e. The number of hydrogen-bond acceptors (Lipinski definition) is 3. The SMILES string of the molecule is Cc1nc(Cl)ccc1C(=O)N1CC(O)C1. The molecule has 1 saturated heterocycles. The lowest BCUT2D eigenvalue weighted by Gasteiger charge is -2.36. The maximum Gasteiger partial charge on any atom is 0.255 e. The Kier molecular flexibility index (Phi) is 2.63. The predicted molar refractivity (Wildman–Crippen MR) is 55.9 cm³/mol. The van der Waals surface area contributed by atoms with E-state index in [1.807, 2.05) is 0 Å². The van der Waals surface area contributed by atoms with Crippen LogP contribution in [0.15, 0.2) is 12.1 Å². The molecular formula is C10H11ClN2O2. The normalized spacial score (nSPS) is 16.3. The number of β-amino-alcohol motifs (C(OH)–C–C–N with tert-alkyl or cyclic N) is 1. The van der Waals surface area contributed by atoms with E-state index in [0.29, 0.717) is 29.5 Å². The van der Waals surface area contributed by atoms with Crippen LogP contribution in [-0.4, -0.2) is 40.1 Å². The molecule has 1 aliphatic rings. The van der Waals surface area contributed by atoms with E-state index < -0.39 is 0 Å². The molecule has 0 bridgehead atoms. The van der Waals surface area contributed by atoms with Gasteiger partial charge in [0.2, 0.25) is 0 Å². The summed E-state index contributed by atoms with van der Waals surface area (Å²) in [4.78, 5) is 17.4. The third kappa shape index (κ3) is 1.96. The van der Waals surface area contributed by atoms with E-state index in [0.717, 1.165) is 0 Å². The van der Waals surface area contributed by atoms with E-state index in [-0.39, 0.29) is 12.0 Å². The Morgan fingerprint density at radius 2 is 2.27 bits per heavy atom. The number of halogens is 1. The van der Waals surface area contributed by atoms with Crippen molar-refractivity contribution in [1.29, 1.82) is 0 Å². The maximum atomic E-state index is 11.8. The van der Waals surface area contributed by atoms with Crippen molar-refractivity contribution >= 4 is 17.5 Å². The zero-order valence-corrected chi connectivity index (χ0v) is 9.03. The van der Waals surface area contributed by atoms with Crippen LogP contribution in [0.5, 0.6) is 0 Å². The van der Waals surface area contributed by atoms with Crippen LogP contribution in [0.1, 0.15) is 16.1 Å². The largest absolute Gasteiger partial charge is 0.389 e. The van der Waals surface area contributed by atoms with E-state index in [4.69, 9.17) is 16.7 Å². The fourth-order valence-corrected chi connectivity index (χ4v) is 1.74. The number of amides is 1. The van der Waals surface area contributed by atoms with E-state index in [2.05, 4.69) is 4.98 Å². The maximum absolute atomic E-state index is 11.8. The van der Waals surface area contributed by atoms with Gasteiger partial charge < -0.3 is 10.0 Å². The third-order valence-corrected chi connectivity index (χ3v) is 2.64. The molecule has 0 atom stereocenters. The van der Waals surface area contributed by atoms with Crippen LogP contribution in [0.25, 0.3) is 0 Å². The number of carbonyl (C=O) groups is 1. The average molecular weight is 227 g/mol. The van der Waals surface area contributed by atoms with Crippen LogP contribution in [0, 0.1) is 6.92 Å². The van der Waals surface area contributed by atoms with Crippen molar-refractivity contribution in [2.24, 2.45) is 0 Å². The molecule has 0 saturated carbocycles. The molecule has 0 radical (unpaired) electrons. The highest BCUT2D eigenvalue weighted by atomic mass is 35.5. The first-order valence-corrected chi connectivity index (χ1v) is 5.06. The Morgan fingerprint density at radius 3 is 2.80 bits per heavy atom. The number of nitrogens with zero attached hydrogens (tertiary/aromatic N) is 2. The molecule has 5 heteroatoms. The van der Waals surface area contributed by atoms with E-state index >= 15 is 0 Å². The summed E-state index contributed by atoms with van der Waals surface area (Å²) in [6.45, 7) is 2.55. The molecule has 1 fully saturated rings. The molecule has 1 aromatic rings. The van der Waals surface area contributed by atoms with Crippen LogP contribution < -0.4 is 0 Å². The molecule has 0 aromatic carbocycles. The number of likely N-dealkylation sites (tertiary alicyclic amines) is 1. The molecule has 0 unspecified atom stereocenters. The van der Waals surface area contributed by atoms with Crippen LogP contribution in [0.2, 0.25) is 5.15 Å². The van der Waals surface area contributed by atoms with Gasteiger partial charge in [-0.15, -0.1) is 0 Å². The van der Waals surface area contributed by atoms with Crippen molar-refractivity contribution < 1.29 is 9.90 Å². The molecule has 80 valence electrons. The highest BCUT2D eigenvalue weighted by Gasteiger charge is 2.30. The highest BCUT2D eigenvalue weighted by Crippen LogP contribution is 2.16. The van der Waals surface area contributed by atoms with E-state index in [9.17, 15) is 4.79 Å². The van der Waals surface area contributed by atoms with Crippen LogP contribution in [0.4, 0.5) is 0 Å². The first-order chi connectivity index (χ1) is 7.08. The number of pyridine rings is 1. The molecule has 1 amide bonds. The summed E-state index contributed by atoms with van der Waals surface area (Å²) in [7, 11) is 0. The Hall–Kier alpha value is -1.13. The number of aryl methyl sites for hydroxylation is 1. The molecular weight excluding hydrogens is 216 g/mol. The second kappa shape index (κ2) is 3.79. The Balaban J connectivity index is 2.19. The van der Waals surface area contributed by atoms with Crippen molar-refractivity contribution in [3.05, 3.63) is 28.5 Å². The summed E-state index contributed by atoms with van der Waals surface area (Å²) in [5, 5.41) is 9.48. The monoisotopic (exact) mass is 226 g/mol. The van der Waals surface area contributed by atoms with Gasteiger partial charge in [-0.25, -0.2) is 4.98 Å². The highest BCUT2D eigenvalue weighted by molar-refractivity contribution is 6.29. The summed E-state index contributed by atoms with van der Waals surface area (Å²) >= 11 is 5.70. The topological polar surface area (TPSA) is 53.4 Å². The average Bonchev–Trinajstić information content (AvgIpc) is 2.12. The molecule has 15 heavy (non-hydrogen) atoms. The van der Waals surface area contributed by atoms with E-state index in [1.54, 1.807) is 24.0 Å². The fraction of sp³-hybridized carbons (Fsp3) is 0.400. The number of rotatable bonds is 1. The summed E-state index contributed by atoms with van der Waals surface area (Å²) in [6, 6.07) is 3.26. The quantitative estimate of drug-likeness (QED) is 0.723. The lowest BCUT2D eigenvalue weighted by molar-refractivity contribution is 0.00581. The third-order valence-electron chi connectivity index (χ3n) is 2.43. The molecule has 1 aromatic heterocycles. The van der Waals surface area contributed by atoms with Gasteiger partial charge in [0.15, 0.2) is 0 Å². The molecule has 0 spiro atoms.